The van der Waals surface area contributed by atoms with Crippen LogP contribution in [0.25, 0.3) is 0 Å². The Bertz CT molecular complexity index is 637. The maximum atomic E-state index is 12.4. The van der Waals surface area contributed by atoms with Gasteiger partial charge in [-0.1, -0.05) is 61.9 Å². The highest BCUT2D eigenvalue weighted by atomic mass is 16.6. The first kappa shape index (κ1) is 16.2. The fourth-order valence-corrected chi connectivity index (χ4v) is 2.36. The van der Waals surface area contributed by atoms with E-state index in [0.29, 0.717) is 12.1 Å². The monoisotopic (exact) mass is 297 g/mol. The number of hydrogen-bond acceptors (Lipinski definition) is 3. The highest BCUT2D eigenvalue weighted by molar-refractivity contribution is 6.44. The Morgan fingerprint density at radius 1 is 1.32 bits per heavy atom. The molecule has 0 spiro atoms. The van der Waals surface area contributed by atoms with Crippen molar-refractivity contribution < 1.29 is 9.53 Å². The van der Waals surface area contributed by atoms with Crippen LogP contribution in [0.2, 0.25) is 0 Å². The average Bonchev–Trinajstić information content (AvgIpc) is 2.85. The van der Waals surface area contributed by atoms with Crippen LogP contribution in [-0.2, 0) is 9.53 Å². The number of carbonyl (C=O) groups excluding carboxylic acids is 1. The summed E-state index contributed by atoms with van der Waals surface area (Å²) in [7, 11) is 0. The van der Waals surface area contributed by atoms with Crippen molar-refractivity contribution in [2.45, 2.75) is 39.8 Å². The molecule has 0 saturated carbocycles. The standard InChI is InChI=1S/C19H23NO2/c1-6-18(4,5)19(13-12-14(2)3)20-16(17(21)22-19)15-10-8-7-9-11-15/h6-12H,1,13H2,2-5H3. The fourth-order valence-electron chi connectivity index (χ4n) is 2.36. The van der Waals surface area contributed by atoms with Crippen LogP contribution in [0.15, 0.2) is 59.6 Å². The van der Waals surface area contributed by atoms with E-state index in [1.807, 2.05) is 58.0 Å². The number of hydrogen-bond donors (Lipinski definition) is 0. The molecule has 0 fully saturated rings. The van der Waals surface area contributed by atoms with E-state index in [9.17, 15) is 4.79 Å². The topological polar surface area (TPSA) is 38.7 Å². The maximum Gasteiger partial charge on any atom is 0.359 e. The van der Waals surface area contributed by atoms with E-state index in [2.05, 4.69) is 12.7 Å². The van der Waals surface area contributed by atoms with E-state index in [-0.39, 0.29) is 5.97 Å². The van der Waals surface area contributed by atoms with Crippen molar-refractivity contribution in [3.8, 4) is 0 Å². The molecular formula is C19H23NO2. The number of aliphatic imine (C=N–C) groups is 1. The van der Waals surface area contributed by atoms with Crippen molar-refractivity contribution in [1.29, 1.82) is 0 Å². The summed E-state index contributed by atoms with van der Waals surface area (Å²) < 4.78 is 5.76. The molecule has 1 heterocycles. The van der Waals surface area contributed by atoms with Gasteiger partial charge >= 0.3 is 5.97 Å². The first-order valence-corrected chi connectivity index (χ1v) is 7.47. The summed E-state index contributed by atoms with van der Waals surface area (Å²) in [6.45, 7) is 11.9. The lowest BCUT2D eigenvalue weighted by molar-refractivity contribution is -0.154. The third-order valence-corrected chi connectivity index (χ3v) is 4.10. The van der Waals surface area contributed by atoms with Crippen LogP contribution in [0.4, 0.5) is 0 Å². The highest BCUT2D eigenvalue weighted by Crippen LogP contribution is 2.43. The quantitative estimate of drug-likeness (QED) is 0.600. The minimum Gasteiger partial charge on any atom is -0.431 e. The second-order valence-electron chi connectivity index (χ2n) is 6.41. The van der Waals surface area contributed by atoms with Gasteiger partial charge in [-0.3, -0.25) is 0 Å². The molecule has 1 aromatic rings. The number of carbonyl (C=O) groups is 1. The van der Waals surface area contributed by atoms with E-state index in [1.165, 1.54) is 5.57 Å². The van der Waals surface area contributed by atoms with Gasteiger partial charge < -0.3 is 4.74 Å². The molecule has 1 atom stereocenters. The maximum absolute atomic E-state index is 12.4. The van der Waals surface area contributed by atoms with Crippen LogP contribution >= 0.6 is 0 Å². The first-order valence-electron chi connectivity index (χ1n) is 7.47. The molecule has 1 aliphatic heterocycles. The van der Waals surface area contributed by atoms with Gasteiger partial charge in [0.1, 0.15) is 0 Å². The number of cyclic esters (lactones) is 1. The third-order valence-electron chi connectivity index (χ3n) is 4.10. The number of esters is 1. The number of allylic oxidation sites excluding steroid dienone is 1. The molecule has 0 bridgehead atoms. The summed E-state index contributed by atoms with van der Waals surface area (Å²) in [4.78, 5) is 17.1. The molecule has 0 amide bonds. The zero-order chi connectivity index (χ0) is 16.4. The summed E-state index contributed by atoms with van der Waals surface area (Å²) in [6, 6.07) is 9.43. The highest BCUT2D eigenvalue weighted by Gasteiger charge is 2.51. The predicted octanol–water partition coefficient (Wildman–Crippen LogP) is 4.30. The molecule has 22 heavy (non-hydrogen) atoms. The van der Waals surface area contributed by atoms with E-state index in [0.717, 1.165) is 5.56 Å². The molecule has 0 N–H and O–H groups in total. The molecule has 0 aromatic heterocycles. The molecular weight excluding hydrogens is 274 g/mol. The van der Waals surface area contributed by atoms with Crippen molar-refractivity contribution in [1.82, 2.24) is 0 Å². The molecule has 2 rings (SSSR count). The van der Waals surface area contributed by atoms with Crippen molar-refractivity contribution in [2.24, 2.45) is 10.4 Å². The van der Waals surface area contributed by atoms with Crippen molar-refractivity contribution in [3.05, 3.63) is 60.2 Å². The molecule has 0 saturated heterocycles. The molecule has 116 valence electrons. The lowest BCUT2D eigenvalue weighted by Crippen LogP contribution is -2.42. The van der Waals surface area contributed by atoms with E-state index >= 15 is 0 Å². The second kappa shape index (κ2) is 5.91. The van der Waals surface area contributed by atoms with Crippen LogP contribution in [0, 0.1) is 5.41 Å². The van der Waals surface area contributed by atoms with E-state index < -0.39 is 11.1 Å². The van der Waals surface area contributed by atoms with Gasteiger partial charge in [0.25, 0.3) is 0 Å². The number of nitrogens with zero attached hydrogens (tertiary/aromatic N) is 1. The smallest absolute Gasteiger partial charge is 0.359 e. The average molecular weight is 297 g/mol. The Morgan fingerprint density at radius 3 is 2.50 bits per heavy atom. The van der Waals surface area contributed by atoms with Gasteiger partial charge in [0.05, 0.1) is 0 Å². The molecule has 1 aliphatic rings. The zero-order valence-corrected chi connectivity index (χ0v) is 13.7. The molecule has 0 aliphatic carbocycles. The Kier molecular flexibility index (Phi) is 4.36. The van der Waals surface area contributed by atoms with Gasteiger partial charge in [-0.2, -0.15) is 0 Å². The predicted molar refractivity (Wildman–Crippen MR) is 89.8 cm³/mol. The summed E-state index contributed by atoms with van der Waals surface area (Å²) in [5.41, 5.74) is 0.933. The summed E-state index contributed by atoms with van der Waals surface area (Å²) in [6.07, 6.45) is 4.39. The van der Waals surface area contributed by atoms with Crippen LogP contribution in [-0.4, -0.2) is 17.4 Å². The van der Waals surface area contributed by atoms with E-state index in [1.54, 1.807) is 6.08 Å². The summed E-state index contributed by atoms with van der Waals surface area (Å²) in [5, 5.41) is 0. The van der Waals surface area contributed by atoms with Crippen molar-refractivity contribution in [2.75, 3.05) is 0 Å². The number of benzene rings is 1. The molecule has 1 unspecified atom stereocenters. The Hall–Kier alpha value is -2.16. The van der Waals surface area contributed by atoms with Crippen molar-refractivity contribution >= 4 is 11.7 Å². The minimum atomic E-state index is -0.936. The Labute approximate surface area is 132 Å². The molecule has 0 radical (unpaired) electrons. The summed E-state index contributed by atoms with van der Waals surface area (Å²) >= 11 is 0. The molecule has 3 heteroatoms. The third kappa shape index (κ3) is 2.89. The second-order valence-corrected chi connectivity index (χ2v) is 6.41. The van der Waals surface area contributed by atoms with E-state index in [4.69, 9.17) is 9.73 Å². The Morgan fingerprint density at radius 2 is 1.95 bits per heavy atom. The van der Waals surface area contributed by atoms with Gasteiger partial charge in [-0.15, -0.1) is 6.58 Å². The largest absolute Gasteiger partial charge is 0.431 e. The number of rotatable bonds is 5. The lowest BCUT2D eigenvalue weighted by atomic mass is 9.79. The zero-order valence-electron chi connectivity index (χ0n) is 13.7. The van der Waals surface area contributed by atoms with Crippen LogP contribution in [0.5, 0.6) is 0 Å². The first-order chi connectivity index (χ1) is 10.3. The SMILES string of the molecule is C=CC(C)(C)C1(CC=C(C)C)N=C(c2ccccc2)C(=O)O1. The lowest BCUT2D eigenvalue weighted by Gasteiger charge is -2.37. The van der Waals surface area contributed by atoms with Gasteiger partial charge in [0.2, 0.25) is 5.72 Å². The summed E-state index contributed by atoms with van der Waals surface area (Å²) in [5.74, 6) is -0.372. The van der Waals surface area contributed by atoms with Crippen LogP contribution in [0.1, 0.15) is 39.7 Å². The fraction of sp³-hybridized carbons (Fsp3) is 0.368. The van der Waals surface area contributed by atoms with Gasteiger partial charge in [0, 0.05) is 17.4 Å². The minimum absolute atomic E-state index is 0.372. The molecule has 3 nitrogen and oxygen atoms in total. The van der Waals surface area contributed by atoms with Gasteiger partial charge in [-0.25, -0.2) is 9.79 Å². The van der Waals surface area contributed by atoms with Crippen molar-refractivity contribution in [3.63, 3.8) is 0 Å². The normalized spacial score (nSPS) is 21.1. The van der Waals surface area contributed by atoms with Crippen LogP contribution in [0.3, 0.4) is 0 Å². The van der Waals surface area contributed by atoms with Gasteiger partial charge in [-0.05, 0) is 13.8 Å². The number of ether oxygens (including phenoxy) is 1. The molecule has 1 aromatic carbocycles. The van der Waals surface area contributed by atoms with Gasteiger partial charge in [0.15, 0.2) is 5.71 Å². The Balaban J connectivity index is 2.52. The van der Waals surface area contributed by atoms with Crippen LogP contribution < -0.4 is 0 Å².